The van der Waals surface area contributed by atoms with Crippen LogP contribution in [0.5, 0.6) is 0 Å². The Labute approximate surface area is 115 Å². The smallest absolute Gasteiger partial charge is 0.326 e. The highest BCUT2D eigenvalue weighted by molar-refractivity contribution is 7.99. The molecular formula is C11H18N2O5S. The number of hydrogen-bond donors (Lipinski definition) is 4. The fraction of sp³-hybridized carbons (Fsp3) is 0.727. The number of nitrogens with one attached hydrogen (secondary N) is 2. The molecule has 0 spiro atoms. The van der Waals surface area contributed by atoms with Gasteiger partial charge in [0.05, 0.1) is 6.42 Å². The van der Waals surface area contributed by atoms with Crippen molar-refractivity contribution in [3.63, 3.8) is 0 Å². The molecule has 7 nitrogen and oxygen atoms in total. The Morgan fingerprint density at radius 3 is 2.47 bits per heavy atom. The van der Waals surface area contributed by atoms with E-state index < -0.39 is 30.4 Å². The first-order valence-corrected chi connectivity index (χ1v) is 7.25. The molecule has 0 saturated heterocycles. The van der Waals surface area contributed by atoms with Gasteiger partial charge in [0.1, 0.15) is 6.04 Å². The van der Waals surface area contributed by atoms with Crippen molar-refractivity contribution in [1.29, 1.82) is 0 Å². The van der Waals surface area contributed by atoms with Crippen LogP contribution in [-0.4, -0.2) is 51.8 Å². The molecule has 1 fully saturated rings. The van der Waals surface area contributed by atoms with Crippen molar-refractivity contribution in [2.45, 2.75) is 43.0 Å². The molecule has 3 atom stereocenters. The second kappa shape index (κ2) is 7.22. The summed E-state index contributed by atoms with van der Waals surface area (Å²) in [6, 6.07) is -2.01. The van der Waals surface area contributed by atoms with Crippen LogP contribution in [-0.2, 0) is 9.59 Å². The number of aliphatic carboxylic acids is 2. The minimum absolute atomic E-state index is 0.0247. The summed E-state index contributed by atoms with van der Waals surface area (Å²) in [4.78, 5) is 32.9. The molecule has 1 saturated carbocycles. The second-order valence-electron chi connectivity index (χ2n) is 4.47. The lowest BCUT2D eigenvalue weighted by Gasteiger charge is -2.17. The van der Waals surface area contributed by atoms with Gasteiger partial charge >= 0.3 is 18.0 Å². The monoisotopic (exact) mass is 290 g/mol. The van der Waals surface area contributed by atoms with Crippen LogP contribution >= 0.6 is 11.8 Å². The van der Waals surface area contributed by atoms with E-state index in [2.05, 4.69) is 10.6 Å². The van der Waals surface area contributed by atoms with Crippen LogP contribution in [0.15, 0.2) is 0 Å². The maximum Gasteiger partial charge on any atom is 0.326 e. The molecule has 0 heterocycles. The average Bonchev–Trinajstić information content (AvgIpc) is 2.75. The van der Waals surface area contributed by atoms with E-state index in [0.717, 1.165) is 19.3 Å². The molecule has 8 heteroatoms. The number of carbonyl (C=O) groups is 3. The number of hydrogen-bond acceptors (Lipinski definition) is 4. The Morgan fingerprint density at radius 1 is 1.32 bits per heavy atom. The van der Waals surface area contributed by atoms with Crippen LogP contribution in [0.3, 0.4) is 0 Å². The Kier molecular flexibility index (Phi) is 5.94. The van der Waals surface area contributed by atoms with Crippen molar-refractivity contribution in [3.05, 3.63) is 0 Å². The number of thioether (sulfide) groups is 1. The molecule has 19 heavy (non-hydrogen) atoms. The van der Waals surface area contributed by atoms with Crippen molar-refractivity contribution >= 4 is 29.7 Å². The zero-order valence-electron chi connectivity index (χ0n) is 10.6. The number of carbonyl (C=O) groups excluding carboxylic acids is 1. The van der Waals surface area contributed by atoms with Crippen LogP contribution < -0.4 is 10.6 Å². The predicted octanol–water partition coefficient (Wildman–Crippen LogP) is 0.498. The second-order valence-corrected chi connectivity index (χ2v) is 5.61. The van der Waals surface area contributed by atoms with E-state index in [1.165, 1.54) is 0 Å². The average molecular weight is 290 g/mol. The maximum absolute atomic E-state index is 11.6. The molecule has 0 aromatic heterocycles. The molecule has 0 radical (unpaired) electrons. The summed E-state index contributed by atoms with van der Waals surface area (Å²) >= 11 is 1.75. The molecule has 108 valence electrons. The summed E-state index contributed by atoms with van der Waals surface area (Å²) in [5, 5.41) is 22.7. The summed E-state index contributed by atoms with van der Waals surface area (Å²) in [5.74, 6) is -2.62. The summed E-state index contributed by atoms with van der Waals surface area (Å²) in [5.41, 5.74) is 0. The number of rotatable bonds is 6. The maximum atomic E-state index is 11.6. The van der Waals surface area contributed by atoms with Crippen LogP contribution in [0.1, 0.15) is 25.7 Å². The van der Waals surface area contributed by atoms with E-state index in [4.69, 9.17) is 10.2 Å². The fourth-order valence-electron chi connectivity index (χ4n) is 2.05. The van der Waals surface area contributed by atoms with Crippen LogP contribution in [0, 0.1) is 0 Å². The number of urea groups is 1. The lowest BCUT2D eigenvalue weighted by atomic mass is 10.2. The minimum Gasteiger partial charge on any atom is -0.481 e. The first-order chi connectivity index (χ1) is 8.92. The van der Waals surface area contributed by atoms with Gasteiger partial charge in [0, 0.05) is 11.3 Å². The van der Waals surface area contributed by atoms with Crippen molar-refractivity contribution in [2.75, 3.05) is 6.26 Å². The molecule has 1 aliphatic carbocycles. The molecule has 0 aromatic rings. The Hall–Kier alpha value is -1.44. The van der Waals surface area contributed by atoms with E-state index >= 15 is 0 Å². The summed E-state index contributed by atoms with van der Waals surface area (Å²) in [6.45, 7) is 0. The van der Waals surface area contributed by atoms with Gasteiger partial charge < -0.3 is 20.8 Å². The molecule has 0 bridgehead atoms. The topological polar surface area (TPSA) is 116 Å². The zero-order valence-corrected chi connectivity index (χ0v) is 11.4. The van der Waals surface area contributed by atoms with Crippen LogP contribution in [0.25, 0.3) is 0 Å². The third kappa shape index (κ3) is 5.37. The van der Waals surface area contributed by atoms with Gasteiger partial charge in [0.25, 0.3) is 0 Å². The van der Waals surface area contributed by atoms with Gasteiger partial charge in [-0.15, -0.1) is 0 Å². The first-order valence-electron chi connectivity index (χ1n) is 5.96. The molecule has 4 N–H and O–H groups in total. The largest absolute Gasteiger partial charge is 0.481 e. The van der Waals surface area contributed by atoms with Crippen LogP contribution in [0.4, 0.5) is 4.79 Å². The van der Waals surface area contributed by atoms with Crippen molar-refractivity contribution in [2.24, 2.45) is 0 Å². The van der Waals surface area contributed by atoms with E-state index in [9.17, 15) is 14.4 Å². The first kappa shape index (κ1) is 15.6. The normalized spacial score (nSPS) is 23.6. The molecule has 1 aliphatic rings. The van der Waals surface area contributed by atoms with Gasteiger partial charge in [-0.1, -0.05) is 0 Å². The summed E-state index contributed by atoms with van der Waals surface area (Å²) < 4.78 is 0. The van der Waals surface area contributed by atoms with Gasteiger partial charge in [0.15, 0.2) is 0 Å². The Morgan fingerprint density at radius 2 is 2.00 bits per heavy atom. The molecule has 0 aliphatic heterocycles. The van der Waals surface area contributed by atoms with E-state index in [-0.39, 0.29) is 6.04 Å². The Bertz CT molecular complexity index is 363. The van der Waals surface area contributed by atoms with E-state index in [1.54, 1.807) is 11.8 Å². The SMILES string of the molecule is CSC1CCC(NC(=O)N[C@@H](CC(=O)O)C(=O)O)C1. The van der Waals surface area contributed by atoms with E-state index in [1.807, 2.05) is 6.26 Å². The molecular weight excluding hydrogens is 272 g/mol. The molecule has 2 unspecified atom stereocenters. The highest BCUT2D eigenvalue weighted by Gasteiger charge is 2.27. The summed E-state index contributed by atoms with van der Waals surface area (Å²) in [7, 11) is 0. The van der Waals surface area contributed by atoms with Gasteiger partial charge in [0.2, 0.25) is 0 Å². The lowest BCUT2D eigenvalue weighted by molar-refractivity contribution is -0.145. The molecule has 0 aromatic carbocycles. The summed E-state index contributed by atoms with van der Waals surface area (Å²) in [6.07, 6.45) is 4.10. The Balaban J connectivity index is 2.40. The third-order valence-corrected chi connectivity index (χ3v) is 4.13. The van der Waals surface area contributed by atoms with Crippen LogP contribution in [0.2, 0.25) is 0 Å². The lowest BCUT2D eigenvalue weighted by Crippen LogP contribution is -2.49. The predicted molar refractivity (Wildman–Crippen MR) is 70.3 cm³/mol. The van der Waals surface area contributed by atoms with Gasteiger partial charge in [-0.05, 0) is 25.5 Å². The minimum atomic E-state index is -1.41. The quantitative estimate of drug-likeness (QED) is 0.566. The highest BCUT2D eigenvalue weighted by atomic mass is 32.2. The third-order valence-electron chi connectivity index (χ3n) is 3.04. The van der Waals surface area contributed by atoms with Crippen molar-refractivity contribution in [3.8, 4) is 0 Å². The zero-order chi connectivity index (χ0) is 14.4. The highest BCUT2D eigenvalue weighted by Crippen LogP contribution is 2.27. The van der Waals surface area contributed by atoms with Gasteiger partial charge in [-0.2, -0.15) is 11.8 Å². The fourth-order valence-corrected chi connectivity index (χ4v) is 2.84. The van der Waals surface area contributed by atoms with Gasteiger partial charge in [-0.3, -0.25) is 4.79 Å². The number of carboxylic acid groups (broad SMARTS) is 2. The number of carboxylic acids is 2. The number of amides is 2. The van der Waals surface area contributed by atoms with Gasteiger partial charge in [-0.25, -0.2) is 9.59 Å². The van der Waals surface area contributed by atoms with Crippen molar-refractivity contribution < 1.29 is 24.6 Å². The molecule has 1 rings (SSSR count). The van der Waals surface area contributed by atoms with Crippen molar-refractivity contribution in [1.82, 2.24) is 10.6 Å². The van der Waals surface area contributed by atoms with E-state index in [0.29, 0.717) is 5.25 Å². The molecule has 2 amide bonds. The standard InChI is InChI=1S/C11H18N2O5S/c1-19-7-3-2-6(4-7)12-11(18)13-8(10(16)17)5-9(14)15/h6-8H,2-5H2,1H3,(H,14,15)(H,16,17)(H2,12,13,18)/t6?,7?,8-/m0/s1.